The van der Waals surface area contributed by atoms with Crippen LogP contribution in [0.4, 0.5) is 4.79 Å². The van der Waals surface area contributed by atoms with E-state index in [1.54, 1.807) is 37.6 Å². The van der Waals surface area contributed by atoms with Crippen LogP contribution in [0.5, 0.6) is 0 Å². The molecule has 0 aliphatic carbocycles. The molecule has 1 atom stereocenters. The van der Waals surface area contributed by atoms with E-state index in [0.717, 1.165) is 28.1 Å². The van der Waals surface area contributed by atoms with Crippen molar-refractivity contribution in [2.75, 3.05) is 0 Å². The summed E-state index contributed by atoms with van der Waals surface area (Å²) in [6.45, 7) is 3.60. The van der Waals surface area contributed by atoms with E-state index in [4.69, 9.17) is 4.42 Å². The maximum absolute atomic E-state index is 13.0. The highest BCUT2D eigenvalue weighted by Crippen LogP contribution is 2.27. The molecular weight excluding hydrogens is 512 g/mol. The molecule has 2 aromatic heterocycles. The van der Waals surface area contributed by atoms with Crippen molar-refractivity contribution in [2.45, 2.75) is 31.2 Å². The SMILES string of the molecule is Cc1ccccc1S(=O)(=O)NC(=O)N[C@@H](Cc1ccccc1)c1nccn1-c1ccc(-c2ccoc2C)cc1. The second-order valence-corrected chi connectivity index (χ2v) is 10.8. The number of nitrogens with one attached hydrogen (secondary N) is 2. The third-order valence-corrected chi connectivity index (χ3v) is 7.99. The molecule has 0 unspecified atom stereocenters. The number of benzene rings is 3. The molecule has 0 aliphatic rings. The van der Waals surface area contributed by atoms with E-state index in [1.807, 2.05) is 78.4 Å². The van der Waals surface area contributed by atoms with Crippen LogP contribution in [0.2, 0.25) is 0 Å². The number of hydrogen-bond donors (Lipinski definition) is 2. The number of urea groups is 1. The van der Waals surface area contributed by atoms with E-state index in [9.17, 15) is 13.2 Å². The predicted octanol–water partition coefficient (Wildman–Crippen LogP) is 5.72. The highest BCUT2D eigenvalue weighted by molar-refractivity contribution is 7.90. The van der Waals surface area contributed by atoms with Gasteiger partial charge in [-0.3, -0.25) is 0 Å². The third kappa shape index (κ3) is 5.78. The lowest BCUT2D eigenvalue weighted by atomic mass is 10.0. The number of aryl methyl sites for hydroxylation is 2. The fourth-order valence-corrected chi connectivity index (χ4v) is 5.72. The van der Waals surface area contributed by atoms with Gasteiger partial charge in [0, 0.05) is 23.6 Å². The molecule has 0 spiro atoms. The van der Waals surface area contributed by atoms with Crippen LogP contribution in [0.1, 0.15) is 28.8 Å². The molecule has 0 radical (unpaired) electrons. The second-order valence-electron chi connectivity index (χ2n) is 9.18. The topological polar surface area (TPSA) is 106 Å². The van der Waals surface area contributed by atoms with Gasteiger partial charge in [0.25, 0.3) is 10.0 Å². The number of rotatable bonds is 8. The maximum atomic E-state index is 13.0. The summed E-state index contributed by atoms with van der Waals surface area (Å²) in [5, 5.41) is 2.84. The molecule has 0 saturated heterocycles. The zero-order valence-electron chi connectivity index (χ0n) is 21.5. The number of carbonyl (C=O) groups excluding carboxylic acids is 1. The van der Waals surface area contributed by atoms with Gasteiger partial charge in [-0.15, -0.1) is 0 Å². The highest BCUT2D eigenvalue weighted by atomic mass is 32.2. The summed E-state index contributed by atoms with van der Waals surface area (Å²) in [6, 6.07) is 24.6. The Balaban J connectivity index is 1.43. The van der Waals surface area contributed by atoms with Crippen molar-refractivity contribution in [3.63, 3.8) is 0 Å². The molecule has 5 aromatic rings. The van der Waals surface area contributed by atoms with Gasteiger partial charge in [0.15, 0.2) is 0 Å². The lowest BCUT2D eigenvalue weighted by molar-refractivity contribution is 0.241. The average Bonchev–Trinajstić information content (AvgIpc) is 3.58. The molecule has 0 bridgehead atoms. The van der Waals surface area contributed by atoms with Crippen LogP contribution in [0, 0.1) is 13.8 Å². The normalized spacial score (nSPS) is 12.2. The van der Waals surface area contributed by atoms with E-state index >= 15 is 0 Å². The quantitative estimate of drug-likeness (QED) is 0.262. The molecular formula is C30H28N4O4S. The Bertz CT molecular complexity index is 1690. The van der Waals surface area contributed by atoms with E-state index in [1.165, 1.54) is 6.07 Å². The summed E-state index contributed by atoms with van der Waals surface area (Å²) in [6.07, 6.45) is 5.54. The summed E-state index contributed by atoms with van der Waals surface area (Å²) >= 11 is 0. The smallest absolute Gasteiger partial charge is 0.329 e. The van der Waals surface area contributed by atoms with Crippen LogP contribution in [0.15, 0.2) is 113 Å². The molecule has 39 heavy (non-hydrogen) atoms. The van der Waals surface area contributed by atoms with Crippen molar-refractivity contribution >= 4 is 16.1 Å². The minimum atomic E-state index is -4.07. The minimum Gasteiger partial charge on any atom is -0.469 e. The van der Waals surface area contributed by atoms with Crippen LogP contribution >= 0.6 is 0 Å². The zero-order valence-corrected chi connectivity index (χ0v) is 22.4. The summed E-state index contributed by atoms with van der Waals surface area (Å²) in [4.78, 5) is 17.7. The van der Waals surface area contributed by atoms with Gasteiger partial charge in [0.05, 0.1) is 17.2 Å². The van der Waals surface area contributed by atoms with E-state index in [0.29, 0.717) is 17.8 Å². The minimum absolute atomic E-state index is 0.0502. The molecule has 5 rings (SSSR count). The van der Waals surface area contributed by atoms with Gasteiger partial charge in [0.2, 0.25) is 0 Å². The predicted molar refractivity (Wildman–Crippen MR) is 149 cm³/mol. The molecule has 2 N–H and O–H groups in total. The number of sulfonamides is 1. The molecule has 0 saturated carbocycles. The Hall–Kier alpha value is -4.63. The molecule has 9 heteroatoms. The van der Waals surface area contributed by atoms with Crippen molar-refractivity contribution in [3.05, 3.63) is 126 Å². The summed E-state index contributed by atoms with van der Waals surface area (Å²) in [5.41, 5.74) is 4.39. The Morgan fingerprint density at radius 3 is 2.36 bits per heavy atom. The third-order valence-electron chi connectivity index (χ3n) is 6.49. The Kier molecular flexibility index (Phi) is 7.33. The number of hydrogen-bond acceptors (Lipinski definition) is 5. The van der Waals surface area contributed by atoms with Gasteiger partial charge in [-0.05, 0) is 61.2 Å². The van der Waals surface area contributed by atoms with Crippen LogP contribution in [0.3, 0.4) is 0 Å². The first kappa shape index (κ1) is 26.0. The first-order valence-electron chi connectivity index (χ1n) is 12.4. The fourth-order valence-electron chi connectivity index (χ4n) is 4.56. The van der Waals surface area contributed by atoms with Gasteiger partial charge in [0.1, 0.15) is 11.6 Å². The van der Waals surface area contributed by atoms with Crippen LogP contribution in [0.25, 0.3) is 16.8 Å². The molecule has 0 fully saturated rings. The number of amides is 2. The molecule has 0 aliphatic heterocycles. The lowest BCUT2D eigenvalue weighted by Gasteiger charge is -2.21. The standard InChI is InChI=1S/C30H28N4O4S/c1-21-8-6-7-11-28(21)39(36,37)33-30(35)32-27(20-23-9-4-3-5-10-23)29-31-17-18-34(29)25-14-12-24(13-15-25)26-16-19-38-22(26)2/h3-19,27H,20H2,1-2H3,(H2,32,33,35)/t27-/m0/s1. The molecule has 2 amide bonds. The van der Waals surface area contributed by atoms with E-state index in [-0.39, 0.29) is 4.90 Å². The maximum Gasteiger partial charge on any atom is 0.329 e. The summed E-state index contributed by atoms with van der Waals surface area (Å²) in [5.74, 6) is 1.40. The van der Waals surface area contributed by atoms with Crippen molar-refractivity contribution in [2.24, 2.45) is 0 Å². The van der Waals surface area contributed by atoms with Gasteiger partial charge in [-0.2, -0.15) is 0 Å². The number of aromatic nitrogens is 2. The first-order valence-corrected chi connectivity index (χ1v) is 13.9. The van der Waals surface area contributed by atoms with Crippen molar-refractivity contribution in [1.29, 1.82) is 0 Å². The first-order chi connectivity index (χ1) is 18.8. The largest absolute Gasteiger partial charge is 0.469 e. The van der Waals surface area contributed by atoms with Crippen molar-refractivity contribution in [3.8, 4) is 16.8 Å². The monoisotopic (exact) mass is 540 g/mol. The second kappa shape index (κ2) is 11.0. The van der Waals surface area contributed by atoms with Crippen LogP contribution in [-0.2, 0) is 16.4 Å². The van der Waals surface area contributed by atoms with Crippen LogP contribution in [-0.4, -0.2) is 24.0 Å². The van der Waals surface area contributed by atoms with E-state index in [2.05, 4.69) is 15.0 Å². The Morgan fingerprint density at radius 2 is 1.67 bits per heavy atom. The highest BCUT2D eigenvalue weighted by Gasteiger charge is 2.25. The van der Waals surface area contributed by atoms with E-state index < -0.39 is 22.1 Å². The number of furan rings is 1. The van der Waals surface area contributed by atoms with Crippen molar-refractivity contribution in [1.82, 2.24) is 19.6 Å². The lowest BCUT2D eigenvalue weighted by Crippen LogP contribution is -2.42. The Morgan fingerprint density at radius 1 is 0.949 bits per heavy atom. The fraction of sp³-hybridized carbons (Fsp3) is 0.133. The van der Waals surface area contributed by atoms with Gasteiger partial charge in [-0.25, -0.2) is 22.9 Å². The summed E-state index contributed by atoms with van der Waals surface area (Å²) in [7, 11) is -4.07. The van der Waals surface area contributed by atoms with Gasteiger partial charge >= 0.3 is 6.03 Å². The van der Waals surface area contributed by atoms with Crippen molar-refractivity contribution < 1.29 is 17.6 Å². The zero-order chi connectivity index (χ0) is 27.4. The average molecular weight is 541 g/mol. The molecule has 2 heterocycles. The Labute approximate surface area is 227 Å². The van der Waals surface area contributed by atoms with Gasteiger partial charge < -0.3 is 14.3 Å². The van der Waals surface area contributed by atoms with Gasteiger partial charge in [-0.1, -0.05) is 60.7 Å². The number of nitrogens with zero attached hydrogens (tertiary/aromatic N) is 2. The summed E-state index contributed by atoms with van der Waals surface area (Å²) < 4.78 is 35.3. The number of imidazole rings is 1. The molecule has 198 valence electrons. The number of carbonyl (C=O) groups is 1. The molecule has 8 nitrogen and oxygen atoms in total. The van der Waals surface area contributed by atoms with Crippen LogP contribution < -0.4 is 10.0 Å². The molecule has 3 aromatic carbocycles.